The highest BCUT2D eigenvalue weighted by Gasteiger charge is 2.35. The molecule has 130 valence electrons. The smallest absolute Gasteiger partial charge is 0.411 e. The Morgan fingerprint density at radius 3 is 2.22 bits per heavy atom. The standard InChI is InChI=1S/C16H26N2O4S/c1-8-18(14(21)22-16(5,6)7)11(12(19)20)10-9-23-13(17-10)15(2,3)4/h9,11H,8H2,1-7H3,(H,19,20). The van der Waals surface area contributed by atoms with Gasteiger partial charge in [0.05, 0.1) is 10.7 Å². The summed E-state index contributed by atoms with van der Waals surface area (Å²) in [5, 5.41) is 12.1. The van der Waals surface area contributed by atoms with E-state index in [1.165, 1.54) is 16.2 Å². The number of carboxylic acids is 1. The van der Waals surface area contributed by atoms with Crippen molar-refractivity contribution >= 4 is 23.4 Å². The molecule has 1 aromatic rings. The number of carbonyl (C=O) groups excluding carboxylic acids is 1. The number of amides is 1. The Labute approximate surface area is 141 Å². The molecule has 1 N–H and O–H groups in total. The molecule has 0 bridgehead atoms. The predicted molar refractivity (Wildman–Crippen MR) is 89.8 cm³/mol. The summed E-state index contributed by atoms with van der Waals surface area (Å²) in [6, 6.07) is -1.15. The van der Waals surface area contributed by atoms with Crippen molar-refractivity contribution in [3.63, 3.8) is 0 Å². The van der Waals surface area contributed by atoms with Gasteiger partial charge in [-0.3, -0.25) is 4.90 Å². The third-order valence-corrected chi connectivity index (χ3v) is 4.24. The normalized spacial score (nSPS) is 13.5. The number of rotatable bonds is 4. The number of carboxylic acid groups (broad SMARTS) is 1. The highest BCUT2D eigenvalue weighted by Crippen LogP contribution is 2.30. The van der Waals surface area contributed by atoms with Crippen LogP contribution in [0.1, 0.15) is 65.2 Å². The van der Waals surface area contributed by atoms with Crippen LogP contribution < -0.4 is 0 Å². The van der Waals surface area contributed by atoms with Gasteiger partial charge in [-0.25, -0.2) is 14.6 Å². The second kappa shape index (κ2) is 6.86. The molecule has 0 radical (unpaired) electrons. The predicted octanol–water partition coefficient (Wildman–Crippen LogP) is 3.82. The fourth-order valence-corrected chi connectivity index (χ4v) is 2.84. The molecule has 7 heteroatoms. The second-order valence-corrected chi connectivity index (χ2v) is 8.19. The van der Waals surface area contributed by atoms with E-state index in [4.69, 9.17) is 4.74 Å². The topological polar surface area (TPSA) is 79.7 Å². The number of nitrogens with zero attached hydrogens (tertiary/aromatic N) is 2. The molecule has 23 heavy (non-hydrogen) atoms. The summed E-state index contributed by atoms with van der Waals surface area (Å²) < 4.78 is 5.32. The van der Waals surface area contributed by atoms with Crippen molar-refractivity contribution in [1.29, 1.82) is 0 Å². The van der Waals surface area contributed by atoms with Crippen molar-refractivity contribution in [2.45, 2.75) is 65.5 Å². The zero-order valence-electron chi connectivity index (χ0n) is 14.8. The summed E-state index contributed by atoms with van der Waals surface area (Å²) in [6.45, 7) is 13.2. The monoisotopic (exact) mass is 342 g/mol. The SMILES string of the molecule is CCN(C(=O)OC(C)(C)C)C(C(=O)O)c1csc(C(C)(C)C)n1. The number of likely N-dealkylation sites (N-methyl/N-ethyl adjacent to an activating group) is 1. The van der Waals surface area contributed by atoms with Crippen LogP contribution in [-0.4, -0.2) is 39.2 Å². The van der Waals surface area contributed by atoms with Gasteiger partial charge in [-0.2, -0.15) is 0 Å². The van der Waals surface area contributed by atoms with Crippen LogP contribution in [0.15, 0.2) is 5.38 Å². The van der Waals surface area contributed by atoms with Crippen LogP contribution in [0.5, 0.6) is 0 Å². The van der Waals surface area contributed by atoms with E-state index >= 15 is 0 Å². The Morgan fingerprint density at radius 2 is 1.87 bits per heavy atom. The van der Waals surface area contributed by atoms with Crippen molar-refractivity contribution in [1.82, 2.24) is 9.88 Å². The van der Waals surface area contributed by atoms with Gasteiger partial charge in [0.25, 0.3) is 0 Å². The van der Waals surface area contributed by atoms with Crippen LogP contribution >= 0.6 is 11.3 Å². The average molecular weight is 342 g/mol. The Hall–Kier alpha value is -1.63. The van der Waals surface area contributed by atoms with Gasteiger partial charge >= 0.3 is 12.1 Å². The maximum atomic E-state index is 12.3. The quantitative estimate of drug-likeness (QED) is 0.899. The van der Waals surface area contributed by atoms with E-state index in [0.717, 1.165) is 5.01 Å². The lowest BCUT2D eigenvalue weighted by molar-refractivity contribution is -0.143. The van der Waals surface area contributed by atoms with Crippen LogP contribution in [0, 0.1) is 0 Å². The van der Waals surface area contributed by atoms with Gasteiger partial charge in [0, 0.05) is 17.3 Å². The van der Waals surface area contributed by atoms with E-state index < -0.39 is 23.7 Å². The fraction of sp³-hybridized carbons (Fsp3) is 0.688. The molecule has 1 heterocycles. The van der Waals surface area contributed by atoms with Gasteiger partial charge in [0.1, 0.15) is 5.60 Å². The molecule has 1 amide bonds. The van der Waals surface area contributed by atoms with Crippen LogP contribution in [0.2, 0.25) is 0 Å². The molecule has 1 unspecified atom stereocenters. The number of carbonyl (C=O) groups is 2. The Morgan fingerprint density at radius 1 is 1.30 bits per heavy atom. The van der Waals surface area contributed by atoms with Gasteiger partial charge in [0.2, 0.25) is 0 Å². The van der Waals surface area contributed by atoms with Crippen LogP contribution in [-0.2, 0) is 14.9 Å². The zero-order valence-corrected chi connectivity index (χ0v) is 15.7. The van der Waals surface area contributed by atoms with E-state index in [1.807, 2.05) is 20.8 Å². The highest BCUT2D eigenvalue weighted by atomic mass is 32.1. The lowest BCUT2D eigenvalue weighted by atomic mass is 9.98. The second-order valence-electron chi connectivity index (χ2n) is 7.33. The maximum Gasteiger partial charge on any atom is 0.411 e. The minimum absolute atomic E-state index is 0.172. The first-order valence-corrected chi connectivity index (χ1v) is 8.43. The Balaban J connectivity index is 3.16. The van der Waals surface area contributed by atoms with Crippen molar-refractivity contribution in [2.24, 2.45) is 0 Å². The number of thiazole rings is 1. The molecular formula is C16H26N2O4S. The number of ether oxygens (including phenoxy) is 1. The summed E-state index contributed by atoms with van der Waals surface area (Å²) in [6.07, 6.45) is -0.655. The summed E-state index contributed by atoms with van der Waals surface area (Å²) in [5.74, 6) is -1.12. The van der Waals surface area contributed by atoms with E-state index in [0.29, 0.717) is 5.69 Å². The van der Waals surface area contributed by atoms with Gasteiger partial charge in [-0.15, -0.1) is 11.3 Å². The maximum absolute atomic E-state index is 12.3. The molecule has 0 spiro atoms. The van der Waals surface area contributed by atoms with E-state index in [-0.39, 0.29) is 12.0 Å². The molecule has 1 aromatic heterocycles. The van der Waals surface area contributed by atoms with Crippen molar-refractivity contribution in [2.75, 3.05) is 6.54 Å². The van der Waals surface area contributed by atoms with Crippen molar-refractivity contribution in [3.8, 4) is 0 Å². The minimum atomic E-state index is -1.15. The Kier molecular flexibility index (Phi) is 5.79. The first-order valence-electron chi connectivity index (χ1n) is 7.55. The van der Waals surface area contributed by atoms with Gasteiger partial charge in [0.15, 0.2) is 6.04 Å². The lowest BCUT2D eigenvalue weighted by Crippen LogP contribution is -2.42. The molecule has 0 fully saturated rings. The van der Waals surface area contributed by atoms with Crippen LogP contribution in [0.25, 0.3) is 0 Å². The summed E-state index contributed by atoms with van der Waals surface area (Å²) in [4.78, 5) is 29.7. The highest BCUT2D eigenvalue weighted by molar-refractivity contribution is 7.09. The molecule has 1 atom stereocenters. The number of hydrogen-bond donors (Lipinski definition) is 1. The first kappa shape index (κ1) is 19.4. The molecule has 0 aliphatic rings. The summed E-state index contributed by atoms with van der Waals surface area (Å²) >= 11 is 1.40. The molecule has 0 saturated carbocycles. The first-order chi connectivity index (χ1) is 10.4. The van der Waals surface area contributed by atoms with E-state index in [9.17, 15) is 14.7 Å². The van der Waals surface area contributed by atoms with E-state index in [1.54, 1.807) is 33.1 Å². The number of aromatic nitrogens is 1. The number of aliphatic carboxylic acids is 1. The Bertz CT molecular complexity index is 569. The molecule has 0 saturated heterocycles. The summed E-state index contributed by atoms with van der Waals surface area (Å²) in [5.41, 5.74) is -0.499. The fourth-order valence-electron chi connectivity index (χ4n) is 1.91. The van der Waals surface area contributed by atoms with E-state index in [2.05, 4.69) is 4.98 Å². The third kappa shape index (κ3) is 5.20. The van der Waals surface area contributed by atoms with Crippen LogP contribution in [0.4, 0.5) is 4.79 Å². The molecule has 0 aliphatic carbocycles. The van der Waals surface area contributed by atoms with Crippen LogP contribution in [0.3, 0.4) is 0 Å². The minimum Gasteiger partial charge on any atom is -0.479 e. The van der Waals surface area contributed by atoms with Gasteiger partial charge in [-0.1, -0.05) is 20.8 Å². The zero-order chi connectivity index (χ0) is 18.0. The molecule has 6 nitrogen and oxygen atoms in total. The average Bonchev–Trinajstić information content (AvgIpc) is 2.81. The molecular weight excluding hydrogens is 316 g/mol. The van der Waals surface area contributed by atoms with Crippen molar-refractivity contribution in [3.05, 3.63) is 16.1 Å². The lowest BCUT2D eigenvalue weighted by Gasteiger charge is -2.30. The van der Waals surface area contributed by atoms with Crippen molar-refractivity contribution < 1.29 is 19.4 Å². The largest absolute Gasteiger partial charge is 0.479 e. The molecule has 0 aliphatic heterocycles. The third-order valence-electron chi connectivity index (χ3n) is 2.96. The molecule has 1 rings (SSSR count). The van der Waals surface area contributed by atoms with Gasteiger partial charge < -0.3 is 9.84 Å². The molecule has 0 aromatic carbocycles. The van der Waals surface area contributed by atoms with Gasteiger partial charge in [-0.05, 0) is 27.7 Å². The summed E-state index contributed by atoms with van der Waals surface area (Å²) in [7, 11) is 0. The number of hydrogen-bond acceptors (Lipinski definition) is 5.